The summed E-state index contributed by atoms with van der Waals surface area (Å²) in [5, 5.41) is 12.7. The Labute approximate surface area is 115 Å². The summed E-state index contributed by atoms with van der Waals surface area (Å²) in [5.74, 6) is -0.997. The molecule has 0 aliphatic carbocycles. The minimum Gasteiger partial charge on any atom is -0.480 e. The average molecular weight is 297 g/mol. The number of carboxylic acid groups (broad SMARTS) is 1. The molecule has 0 saturated heterocycles. The molecule has 0 heterocycles. The molecule has 0 saturated carbocycles. The van der Waals surface area contributed by atoms with Crippen LogP contribution in [0.25, 0.3) is 0 Å². The summed E-state index contributed by atoms with van der Waals surface area (Å²) in [6, 6.07) is 2.39. The average Bonchev–Trinajstić information content (AvgIpc) is 2.21. The molecule has 0 bridgehead atoms. The Balaban J connectivity index is 2.98. The normalized spacial score (nSPS) is 12.6. The van der Waals surface area contributed by atoms with E-state index < -0.39 is 12.0 Å². The summed E-state index contributed by atoms with van der Waals surface area (Å²) in [7, 11) is 0. The third-order valence-electron chi connectivity index (χ3n) is 2.24. The lowest BCUT2D eigenvalue weighted by Crippen LogP contribution is -2.34. The van der Waals surface area contributed by atoms with E-state index in [0.717, 1.165) is 0 Å². The Hall–Kier alpha value is -0.640. The number of carboxylic acids is 1. The number of hydrogen-bond acceptors (Lipinski definition) is 2. The highest BCUT2D eigenvalue weighted by molar-refractivity contribution is 6.48. The lowest BCUT2D eigenvalue weighted by molar-refractivity contribution is -0.138. The van der Waals surface area contributed by atoms with Crippen LogP contribution in [-0.2, 0) is 4.79 Å². The summed E-state index contributed by atoms with van der Waals surface area (Å²) in [6.45, 7) is 3.62. The second-order valence-corrected chi connectivity index (χ2v) is 5.15. The van der Waals surface area contributed by atoms with Crippen LogP contribution in [0.5, 0.6) is 0 Å². The highest BCUT2D eigenvalue weighted by Gasteiger charge is 2.21. The van der Waals surface area contributed by atoms with Gasteiger partial charge in [-0.25, -0.2) is 4.79 Å². The SMILES string of the molecule is CC(C)C(Nc1cc(Cl)c(Cl)c(Cl)c1)C(=O)O. The molecule has 0 amide bonds. The standard InChI is InChI=1S/C11H12Cl3NO2/c1-5(2)10(11(16)17)15-6-3-7(12)9(14)8(13)4-6/h3-5,10,15H,1-2H3,(H,16,17). The van der Waals surface area contributed by atoms with Crippen LogP contribution in [-0.4, -0.2) is 17.1 Å². The van der Waals surface area contributed by atoms with E-state index in [1.807, 2.05) is 13.8 Å². The van der Waals surface area contributed by atoms with Crippen LogP contribution < -0.4 is 5.32 Å². The van der Waals surface area contributed by atoms with E-state index in [4.69, 9.17) is 39.9 Å². The highest BCUT2D eigenvalue weighted by Crippen LogP contribution is 2.33. The maximum Gasteiger partial charge on any atom is 0.326 e. The molecular formula is C11H12Cl3NO2. The van der Waals surface area contributed by atoms with Gasteiger partial charge in [-0.1, -0.05) is 48.7 Å². The lowest BCUT2D eigenvalue weighted by atomic mass is 10.0. The molecule has 0 fully saturated rings. The molecule has 3 nitrogen and oxygen atoms in total. The molecule has 1 aromatic rings. The van der Waals surface area contributed by atoms with E-state index in [1.165, 1.54) is 0 Å². The van der Waals surface area contributed by atoms with E-state index in [1.54, 1.807) is 12.1 Å². The monoisotopic (exact) mass is 295 g/mol. The highest BCUT2D eigenvalue weighted by atomic mass is 35.5. The van der Waals surface area contributed by atoms with Gasteiger partial charge in [0.2, 0.25) is 0 Å². The minimum atomic E-state index is -0.929. The Bertz CT molecular complexity index is 412. The summed E-state index contributed by atoms with van der Waals surface area (Å²) < 4.78 is 0. The quantitative estimate of drug-likeness (QED) is 0.820. The van der Waals surface area contributed by atoms with Crippen LogP contribution in [0, 0.1) is 5.92 Å². The fourth-order valence-corrected chi connectivity index (χ4v) is 1.93. The van der Waals surface area contributed by atoms with Gasteiger partial charge in [0.15, 0.2) is 0 Å². The Morgan fingerprint density at radius 1 is 1.24 bits per heavy atom. The fraction of sp³-hybridized carbons (Fsp3) is 0.364. The molecule has 1 aromatic carbocycles. The van der Waals surface area contributed by atoms with E-state index in [2.05, 4.69) is 5.32 Å². The first-order valence-electron chi connectivity index (χ1n) is 4.96. The molecule has 94 valence electrons. The largest absolute Gasteiger partial charge is 0.480 e. The van der Waals surface area contributed by atoms with Crippen LogP contribution >= 0.6 is 34.8 Å². The summed E-state index contributed by atoms with van der Waals surface area (Å²) in [5.41, 5.74) is 0.533. The van der Waals surface area contributed by atoms with Crippen molar-refractivity contribution in [3.05, 3.63) is 27.2 Å². The van der Waals surface area contributed by atoms with Crippen LogP contribution in [0.3, 0.4) is 0 Å². The van der Waals surface area contributed by atoms with Crippen LogP contribution in [0.4, 0.5) is 5.69 Å². The zero-order chi connectivity index (χ0) is 13.2. The van der Waals surface area contributed by atoms with Crippen LogP contribution in [0.1, 0.15) is 13.8 Å². The fourth-order valence-electron chi connectivity index (χ4n) is 1.33. The van der Waals surface area contributed by atoms with Crippen molar-refractivity contribution < 1.29 is 9.90 Å². The molecule has 6 heteroatoms. The summed E-state index contributed by atoms with van der Waals surface area (Å²) in [6.07, 6.45) is 0. The first-order valence-corrected chi connectivity index (χ1v) is 6.10. The lowest BCUT2D eigenvalue weighted by Gasteiger charge is -2.19. The molecule has 0 radical (unpaired) electrons. The molecule has 1 rings (SSSR count). The maximum atomic E-state index is 11.0. The van der Waals surface area contributed by atoms with Crippen molar-refractivity contribution in [1.82, 2.24) is 0 Å². The topological polar surface area (TPSA) is 49.3 Å². The number of carbonyl (C=O) groups is 1. The Kier molecular flexibility index (Phi) is 4.92. The van der Waals surface area contributed by atoms with Gasteiger partial charge in [-0.3, -0.25) is 0 Å². The first kappa shape index (κ1) is 14.4. The number of anilines is 1. The molecule has 0 spiro atoms. The molecule has 17 heavy (non-hydrogen) atoms. The van der Waals surface area contributed by atoms with Gasteiger partial charge in [0.25, 0.3) is 0 Å². The van der Waals surface area contributed by atoms with Gasteiger partial charge in [-0.05, 0) is 18.1 Å². The number of benzene rings is 1. The van der Waals surface area contributed by atoms with Gasteiger partial charge < -0.3 is 10.4 Å². The van der Waals surface area contributed by atoms with Crippen molar-refractivity contribution in [2.24, 2.45) is 5.92 Å². The number of nitrogens with one attached hydrogen (secondary N) is 1. The Morgan fingerprint density at radius 2 is 1.71 bits per heavy atom. The third kappa shape index (κ3) is 3.66. The number of halogens is 3. The number of rotatable bonds is 4. The van der Waals surface area contributed by atoms with Crippen molar-refractivity contribution in [2.75, 3.05) is 5.32 Å². The number of aliphatic carboxylic acids is 1. The van der Waals surface area contributed by atoms with Gasteiger partial charge in [0.05, 0.1) is 15.1 Å². The van der Waals surface area contributed by atoms with Crippen molar-refractivity contribution >= 4 is 46.5 Å². The Morgan fingerprint density at radius 3 is 2.06 bits per heavy atom. The molecule has 1 atom stereocenters. The summed E-state index contributed by atoms with van der Waals surface area (Å²) in [4.78, 5) is 11.0. The molecular weight excluding hydrogens is 284 g/mol. The zero-order valence-corrected chi connectivity index (χ0v) is 11.6. The van der Waals surface area contributed by atoms with Crippen molar-refractivity contribution in [3.63, 3.8) is 0 Å². The molecule has 1 unspecified atom stereocenters. The van der Waals surface area contributed by atoms with Gasteiger partial charge in [-0.2, -0.15) is 0 Å². The van der Waals surface area contributed by atoms with Crippen molar-refractivity contribution in [1.29, 1.82) is 0 Å². The smallest absolute Gasteiger partial charge is 0.326 e. The second-order valence-electron chi connectivity index (χ2n) is 3.96. The molecule has 0 aliphatic heterocycles. The second kappa shape index (κ2) is 5.80. The van der Waals surface area contributed by atoms with E-state index in [9.17, 15) is 4.79 Å². The molecule has 2 N–H and O–H groups in total. The van der Waals surface area contributed by atoms with Gasteiger partial charge >= 0.3 is 5.97 Å². The van der Waals surface area contributed by atoms with E-state index in [0.29, 0.717) is 5.69 Å². The summed E-state index contributed by atoms with van der Waals surface area (Å²) >= 11 is 17.5. The van der Waals surface area contributed by atoms with Crippen molar-refractivity contribution in [2.45, 2.75) is 19.9 Å². The third-order valence-corrected chi connectivity index (χ3v) is 3.44. The number of hydrogen-bond donors (Lipinski definition) is 2. The van der Waals surface area contributed by atoms with E-state index in [-0.39, 0.29) is 21.0 Å². The predicted molar refractivity (Wildman–Crippen MR) is 71.4 cm³/mol. The maximum absolute atomic E-state index is 11.0. The zero-order valence-electron chi connectivity index (χ0n) is 9.30. The molecule has 0 aromatic heterocycles. The van der Waals surface area contributed by atoms with Gasteiger partial charge in [0.1, 0.15) is 6.04 Å². The van der Waals surface area contributed by atoms with Crippen LogP contribution in [0.2, 0.25) is 15.1 Å². The van der Waals surface area contributed by atoms with Gasteiger partial charge in [0, 0.05) is 5.69 Å². The predicted octanol–water partition coefficient (Wildman–Crippen LogP) is 4.17. The minimum absolute atomic E-state index is 0.0688. The van der Waals surface area contributed by atoms with Crippen LogP contribution in [0.15, 0.2) is 12.1 Å². The van der Waals surface area contributed by atoms with Gasteiger partial charge in [-0.15, -0.1) is 0 Å². The van der Waals surface area contributed by atoms with Crippen molar-refractivity contribution in [3.8, 4) is 0 Å². The molecule has 0 aliphatic rings. The first-order chi connectivity index (χ1) is 7.82. The van der Waals surface area contributed by atoms with E-state index >= 15 is 0 Å².